The summed E-state index contributed by atoms with van der Waals surface area (Å²) >= 11 is 13.3. The van der Waals surface area contributed by atoms with E-state index in [9.17, 15) is 14.9 Å². The second-order valence-electron chi connectivity index (χ2n) is 4.96. The van der Waals surface area contributed by atoms with Crippen molar-refractivity contribution < 1.29 is 9.72 Å². The van der Waals surface area contributed by atoms with E-state index >= 15 is 0 Å². The van der Waals surface area contributed by atoms with Gasteiger partial charge in [0.05, 0.1) is 25.7 Å². The van der Waals surface area contributed by atoms with E-state index in [0.29, 0.717) is 15.7 Å². The Morgan fingerprint density at radius 1 is 1.25 bits per heavy atom. The van der Waals surface area contributed by atoms with E-state index in [1.54, 1.807) is 6.07 Å². The largest absolute Gasteiger partial charge is 0.298 e. The summed E-state index contributed by atoms with van der Waals surface area (Å²) in [7, 11) is 0. The van der Waals surface area contributed by atoms with Gasteiger partial charge in [-0.3, -0.25) is 20.2 Å². The number of fused-ring (bicyclic) bond motifs is 1. The molecule has 3 rings (SSSR count). The van der Waals surface area contributed by atoms with E-state index in [0.717, 1.165) is 16.3 Å². The zero-order valence-electron chi connectivity index (χ0n) is 12.2. The number of amides is 1. The van der Waals surface area contributed by atoms with Gasteiger partial charge in [-0.15, -0.1) is 0 Å². The maximum Gasteiger partial charge on any atom is 0.270 e. The number of anilines is 1. The summed E-state index contributed by atoms with van der Waals surface area (Å²) < 4.78 is 0.873. The van der Waals surface area contributed by atoms with Gasteiger partial charge in [0.2, 0.25) is 0 Å². The van der Waals surface area contributed by atoms with E-state index in [1.807, 2.05) is 13.0 Å². The molecule has 0 unspecified atom stereocenters. The Morgan fingerprint density at radius 2 is 2.00 bits per heavy atom. The van der Waals surface area contributed by atoms with Crippen LogP contribution in [0.15, 0.2) is 30.3 Å². The molecule has 122 valence electrons. The minimum Gasteiger partial charge on any atom is -0.298 e. The second kappa shape index (κ2) is 6.35. The molecule has 9 heteroatoms. The van der Waals surface area contributed by atoms with Crippen molar-refractivity contribution in [1.82, 2.24) is 4.98 Å². The molecule has 3 aromatic rings. The number of aromatic nitrogens is 1. The highest BCUT2D eigenvalue weighted by atomic mass is 35.5. The highest BCUT2D eigenvalue weighted by Crippen LogP contribution is 2.31. The molecular formula is C15H9Cl2N3O3S. The number of nitrogens with zero attached hydrogens (tertiary/aromatic N) is 2. The first-order valence-electron chi connectivity index (χ1n) is 6.67. The predicted octanol–water partition coefficient (Wildman–Crippen LogP) is 5.07. The Bertz CT molecular complexity index is 948. The van der Waals surface area contributed by atoms with E-state index in [4.69, 9.17) is 23.2 Å². The lowest BCUT2D eigenvalue weighted by Crippen LogP contribution is -2.12. The minimum atomic E-state index is -0.588. The van der Waals surface area contributed by atoms with Gasteiger partial charge in [0, 0.05) is 17.2 Å². The topological polar surface area (TPSA) is 85.1 Å². The lowest BCUT2D eigenvalue weighted by Gasteiger charge is -2.03. The maximum absolute atomic E-state index is 12.3. The third kappa shape index (κ3) is 3.19. The van der Waals surface area contributed by atoms with Crippen molar-refractivity contribution in [3.8, 4) is 0 Å². The number of aryl methyl sites for hydroxylation is 1. The van der Waals surface area contributed by atoms with Gasteiger partial charge in [0.1, 0.15) is 0 Å². The van der Waals surface area contributed by atoms with Crippen LogP contribution in [0.4, 0.5) is 10.8 Å². The number of carbonyl (C=O) groups is 1. The molecule has 1 aromatic heterocycles. The normalized spacial score (nSPS) is 10.8. The highest BCUT2D eigenvalue weighted by molar-refractivity contribution is 7.22. The van der Waals surface area contributed by atoms with Crippen LogP contribution in [0, 0.1) is 17.0 Å². The molecule has 0 bridgehead atoms. The molecule has 2 aromatic carbocycles. The fraction of sp³-hybridized carbons (Fsp3) is 0.0667. The van der Waals surface area contributed by atoms with Gasteiger partial charge in [-0.1, -0.05) is 34.5 Å². The van der Waals surface area contributed by atoms with Gasteiger partial charge in [-0.2, -0.15) is 0 Å². The first-order valence-corrected chi connectivity index (χ1v) is 8.24. The third-order valence-electron chi connectivity index (χ3n) is 3.29. The van der Waals surface area contributed by atoms with Gasteiger partial charge in [-0.25, -0.2) is 4.98 Å². The van der Waals surface area contributed by atoms with Crippen LogP contribution in [0.25, 0.3) is 10.2 Å². The fourth-order valence-electron chi connectivity index (χ4n) is 2.07. The molecule has 0 spiro atoms. The summed E-state index contributed by atoms with van der Waals surface area (Å²) in [6.07, 6.45) is 0. The Hall–Kier alpha value is -2.22. The fourth-order valence-corrected chi connectivity index (χ4v) is 3.37. The Morgan fingerprint density at radius 3 is 2.71 bits per heavy atom. The minimum absolute atomic E-state index is 0.0133. The summed E-state index contributed by atoms with van der Waals surface area (Å²) in [5.41, 5.74) is 1.37. The maximum atomic E-state index is 12.3. The summed E-state index contributed by atoms with van der Waals surface area (Å²) in [5, 5.41) is 14.5. The molecule has 0 saturated heterocycles. The molecule has 0 saturated carbocycles. The van der Waals surface area contributed by atoms with Crippen LogP contribution in [-0.2, 0) is 0 Å². The molecule has 0 radical (unpaired) electrons. The number of rotatable bonds is 3. The van der Waals surface area contributed by atoms with Gasteiger partial charge in [0.25, 0.3) is 11.6 Å². The molecule has 1 N–H and O–H groups in total. The van der Waals surface area contributed by atoms with E-state index in [1.165, 1.54) is 23.5 Å². The van der Waals surface area contributed by atoms with E-state index in [-0.39, 0.29) is 16.3 Å². The van der Waals surface area contributed by atoms with Gasteiger partial charge >= 0.3 is 0 Å². The van der Waals surface area contributed by atoms with Crippen LogP contribution in [0.1, 0.15) is 15.9 Å². The summed E-state index contributed by atoms with van der Waals surface area (Å²) in [6, 6.07) is 7.29. The van der Waals surface area contributed by atoms with Gasteiger partial charge < -0.3 is 0 Å². The summed E-state index contributed by atoms with van der Waals surface area (Å²) in [6.45, 7) is 1.88. The smallest absolute Gasteiger partial charge is 0.270 e. The van der Waals surface area contributed by atoms with Crippen molar-refractivity contribution in [3.63, 3.8) is 0 Å². The predicted molar refractivity (Wildman–Crippen MR) is 95.4 cm³/mol. The highest BCUT2D eigenvalue weighted by Gasteiger charge is 2.17. The monoisotopic (exact) mass is 381 g/mol. The number of halogens is 2. The Kier molecular flexibility index (Phi) is 4.40. The number of nitro benzene ring substituents is 1. The molecule has 24 heavy (non-hydrogen) atoms. The van der Waals surface area contributed by atoms with Crippen LogP contribution in [0.2, 0.25) is 10.0 Å². The van der Waals surface area contributed by atoms with Crippen LogP contribution in [-0.4, -0.2) is 15.8 Å². The molecule has 1 amide bonds. The van der Waals surface area contributed by atoms with Gasteiger partial charge in [0.15, 0.2) is 5.13 Å². The molecule has 0 aliphatic rings. The van der Waals surface area contributed by atoms with Crippen molar-refractivity contribution in [2.45, 2.75) is 6.92 Å². The van der Waals surface area contributed by atoms with E-state index in [2.05, 4.69) is 10.3 Å². The molecule has 6 nitrogen and oxygen atoms in total. The number of hydrogen-bond acceptors (Lipinski definition) is 5. The lowest BCUT2D eigenvalue weighted by molar-refractivity contribution is -0.384. The number of carbonyl (C=O) groups excluding carboxylic acids is 1. The lowest BCUT2D eigenvalue weighted by atomic mass is 10.2. The number of nitro groups is 1. The SMILES string of the molecule is Cc1cc2sc(NC(=O)c3cc([N+](=O)[O-])ccc3Cl)nc2cc1Cl. The number of non-ortho nitro benzene ring substituents is 1. The molecule has 0 aliphatic carbocycles. The Labute approximate surface area is 150 Å². The average molecular weight is 382 g/mol. The summed E-state index contributed by atoms with van der Waals surface area (Å²) in [5.74, 6) is -0.564. The first kappa shape index (κ1) is 16.6. The first-order chi connectivity index (χ1) is 11.3. The van der Waals surface area contributed by atoms with Crippen molar-refractivity contribution in [1.29, 1.82) is 0 Å². The van der Waals surface area contributed by atoms with E-state index < -0.39 is 10.8 Å². The van der Waals surface area contributed by atoms with Crippen LogP contribution in [0.3, 0.4) is 0 Å². The van der Waals surface area contributed by atoms with Crippen LogP contribution in [0.5, 0.6) is 0 Å². The van der Waals surface area contributed by atoms with Crippen LogP contribution < -0.4 is 5.32 Å². The summed E-state index contributed by atoms with van der Waals surface area (Å²) in [4.78, 5) is 26.9. The number of hydrogen-bond donors (Lipinski definition) is 1. The van der Waals surface area contributed by atoms with Crippen LogP contribution >= 0.6 is 34.5 Å². The second-order valence-corrected chi connectivity index (χ2v) is 6.81. The van der Waals surface area contributed by atoms with Crippen molar-refractivity contribution in [2.75, 3.05) is 5.32 Å². The van der Waals surface area contributed by atoms with Crippen molar-refractivity contribution in [3.05, 3.63) is 61.6 Å². The van der Waals surface area contributed by atoms with Crippen molar-refractivity contribution >= 4 is 61.5 Å². The number of nitrogens with one attached hydrogen (secondary N) is 1. The standard InChI is InChI=1S/C15H9Cl2N3O3S/c1-7-4-13-12(6-11(7)17)18-15(24-13)19-14(21)9-5-8(20(22)23)2-3-10(9)16/h2-6H,1H3,(H,18,19,21). The molecule has 0 aliphatic heterocycles. The number of benzene rings is 2. The Balaban J connectivity index is 1.92. The number of thiazole rings is 1. The quantitative estimate of drug-likeness (QED) is 0.506. The molecular weight excluding hydrogens is 373 g/mol. The molecule has 0 atom stereocenters. The van der Waals surface area contributed by atoms with Gasteiger partial charge in [-0.05, 0) is 30.7 Å². The zero-order chi connectivity index (χ0) is 17.4. The third-order valence-corrected chi connectivity index (χ3v) is 4.97. The molecule has 0 fully saturated rings. The molecule has 1 heterocycles. The van der Waals surface area contributed by atoms with Crippen molar-refractivity contribution in [2.24, 2.45) is 0 Å². The zero-order valence-corrected chi connectivity index (χ0v) is 14.5. The average Bonchev–Trinajstić information content (AvgIpc) is 2.88.